The van der Waals surface area contributed by atoms with E-state index in [1.54, 1.807) is 18.7 Å². The Hall–Kier alpha value is -1.28. The monoisotopic (exact) mass is 234 g/mol. The zero-order valence-electron chi connectivity index (χ0n) is 9.23. The van der Waals surface area contributed by atoms with Gasteiger partial charge in [0.2, 0.25) is 0 Å². The number of thioether (sulfide) groups is 1. The average molecular weight is 234 g/mol. The van der Waals surface area contributed by atoms with E-state index in [0.29, 0.717) is 27.5 Å². The Morgan fingerprint density at radius 2 is 2.06 bits per heavy atom. The van der Waals surface area contributed by atoms with Crippen LogP contribution in [0.15, 0.2) is 5.16 Å². The number of nitriles is 1. The van der Waals surface area contributed by atoms with Crippen molar-refractivity contribution in [3.63, 3.8) is 0 Å². The smallest absolute Gasteiger partial charge is 0.190 e. The second kappa shape index (κ2) is 4.71. The van der Waals surface area contributed by atoms with E-state index in [4.69, 9.17) is 11.0 Å². The number of hydrogen-bond donors (Lipinski definition) is 1. The molecule has 0 atom stereocenters. The van der Waals surface area contributed by atoms with Gasteiger partial charge in [0.25, 0.3) is 0 Å². The van der Waals surface area contributed by atoms with Crippen molar-refractivity contribution < 1.29 is 0 Å². The number of anilines is 1. The maximum absolute atomic E-state index is 8.86. The summed E-state index contributed by atoms with van der Waals surface area (Å²) in [5.41, 5.74) is 6.80. The highest BCUT2D eigenvalue weighted by Gasteiger charge is 2.18. The first-order valence-corrected chi connectivity index (χ1v) is 6.29. The maximum atomic E-state index is 8.86. The molecule has 1 fully saturated rings. The molecule has 1 aromatic rings. The predicted molar refractivity (Wildman–Crippen MR) is 64.0 cm³/mol. The van der Waals surface area contributed by atoms with Gasteiger partial charge in [0, 0.05) is 5.25 Å². The van der Waals surface area contributed by atoms with E-state index in [-0.39, 0.29) is 0 Å². The highest BCUT2D eigenvalue weighted by atomic mass is 32.2. The van der Waals surface area contributed by atoms with Crippen molar-refractivity contribution >= 4 is 17.6 Å². The Morgan fingerprint density at radius 3 is 2.62 bits per heavy atom. The third kappa shape index (κ3) is 2.27. The summed E-state index contributed by atoms with van der Waals surface area (Å²) in [4.78, 5) is 8.49. The first kappa shape index (κ1) is 11.2. The zero-order valence-corrected chi connectivity index (χ0v) is 10.0. The molecule has 0 aromatic carbocycles. The van der Waals surface area contributed by atoms with Gasteiger partial charge in [-0.2, -0.15) is 5.26 Å². The Bertz CT molecular complexity index is 409. The zero-order chi connectivity index (χ0) is 11.5. The molecule has 1 aromatic heterocycles. The lowest BCUT2D eigenvalue weighted by Gasteiger charge is -2.09. The molecule has 0 bridgehead atoms. The summed E-state index contributed by atoms with van der Waals surface area (Å²) >= 11 is 1.69. The van der Waals surface area contributed by atoms with E-state index in [1.807, 2.05) is 6.07 Å². The molecular weight excluding hydrogens is 220 g/mol. The number of rotatable bonds is 2. The molecule has 16 heavy (non-hydrogen) atoms. The lowest BCUT2D eigenvalue weighted by Crippen LogP contribution is -2.04. The van der Waals surface area contributed by atoms with E-state index >= 15 is 0 Å². The summed E-state index contributed by atoms with van der Waals surface area (Å²) in [6.45, 7) is 1.80. The second-order valence-corrected chi connectivity index (χ2v) is 5.26. The van der Waals surface area contributed by atoms with Gasteiger partial charge in [0.1, 0.15) is 17.5 Å². The fourth-order valence-corrected chi connectivity index (χ4v) is 3.12. The van der Waals surface area contributed by atoms with Crippen molar-refractivity contribution in [2.24, 2.45) is 0 Å². The van der Waals surface area contributed by atoms with Crippen molar-refractivity contribution in [1.29, 1.82) is 5.26 Å². The van der Waals surface area contributed by atoms with Crippen LogP contribution in [0.1, 0.15) is 36.9 Å². The van der Waals surface area contributed by atoms with Gasteiger partial charge in [-0.25, -0.2) is 9.97 Å². The molecule has 1 heterocycles. The number of aromatic nitrogens is 2. The quantitative estimate of drug-likeness (QED) is 0.794. The number of nitrogens with zero attached hydrogens (tertiary/aromatic N) is 3. The molecule has 0 saturated heterocycles. The van der Waals surface area contributed by atoms with Gasteiger partial charge in [-0.3, -0.25) is 0 Å². The molecule has 1 saturated carbocycles. The molecule has 0 radical (unpaired) electrons. The van der Waals surface area contributed by atoms with E-state index in [9.17, 15) is 0 Å². The number of nitrogen functional groups attached to an aromatic ring is 1. The molecule has 1 aliphatic rings. The van der Waals surface area contributed by atoms with Gasteiger partial charge in [-0.05, 0) is 19.8 Å². The molecule has 84 valence electrons. The Kier molecular flexibility index (Phi) is 3.30. The van der Waals surface area contributed by atoms with Gasteiger partial charge in [-0.1, -0.05) is 24.6 Å². The lowest BCUT2D eigenvalue weighted by atomic mass is 10.2. The standard InChI is InChI=1S/C11H14N4S/c1-7-9(6-12)10(13)15-11(14-7)16-8-4-2-3-5-8/h8H,2-5H2,1H3,(H2,13,14,15). The summed E-state index contributed by atoms with van der Waals surface area (Å²) in [5, 5.41) is 10.2. The molecule has 5 heteroatoms. The number of nitrogens with two attached hydrogens (primary N) is 1. The normalized spacial score (nSPS) is 16.2. The Balaban J connectivity index is 2.19. The predicted octanol–water partition coefficient (Wildman–Crippen LogP) is 2.27. The van der Waals surface area contributed by atoms with E-state index in [1.165, 1.54) is 25.7 Å². The van der Waals surface area contributed by atoms with Crippen LogP contribution in [0, 0.1) is 18.3 Å². The van der Waals surface area contributed by atoms with Crippen molar-refractivity contribution in [1.82, 2.24) is 9.97 Å². The summed E-state index contributed by atoms with van der Waals surface area (Å²) in [6.07, 6.45) is 5.05. The van der Waals surface area contributed by atoms with Crippen LogP contribution in [0.2, 0.25) is 0 Å². The second-order valence-electron chi connectivity index (χ2n) is 3.99. The van der Waals surface area contributed by atoms with Crippen molar-refractivity contribution in [3.8, 4) is 6.07 Å². The SMILES string of the molecule is Cc1nc(SC2CCCC2)nc(N)c1C#N. The summed E-state index contributed by atoms with van der Waals surface area (Å²) in [6, 6.07) is 2.03. The molecule has 4 nitrogen and oxygen atoms in total. The van der Waals surface area contributed by atoms with E-state index in [0.717, 1.165) is 0 Å². The van der Waals surface area contributed by atoms with Crippen molar-refractivity contribution in [3.05, 3.63) is 11.3 Å². The Morgan fingerprint density at radius 1 is 1.38 bits per heavy atom. The third-order valence-corrected chi connectivity index (χ3v) is 3.98. The Labute approximate surface area is 99.3 Å². The fourth-order valence-electron chi connectivity index (χ4n) is 1.91. The molecule has 2 rings (SSSR count). The van der Waals surface area contributed by atoms with Gasteiger partial charge in [0.15, 0.2) is 5.16 Å². The highest BCUT2D eigenvalue weighted by Crippen LogP contribution is 2.33. The highest BCUT2D eigenvalue weighted by molar-refractivity contribution is 7.99. The van der Waals surface area contributed by atoms with Crippen molar-refractivity contribution in [2.45, 2.75) is 43.0 Å². The number of aryl methyl sites for hydroxylation is 1. The van der Waals surface area contributed by atoms with E-state index in [2.05, 4.69) is 9.97 Å². The minimum atomic E-state index is 0.301. The van der Waals surface area contributed by atoms with Crippen LogP contribution in [-0.4, -0.2) is 15.2 Å². The largest absolute Gasteiger partial charge is 0.382 e. The van der Waals surface area contributed by atoms with Crippen molar-refractivity contribution in [2.75, 3.05) is 5.73 Å². The minimum absolute atomic E-state index is 0.301. The van der Waals surface area contributed by atoms with Gasteiger partial charge < -0.3 is 5.73 Å². The molecule has 0 amide bonds. The van der Waals surface area contributed by atoms with Gasteiger partial charge in [0.05, 0.1) is 5.69 Å². The molecule has 2 N–H and O–H groups in total. The fraction of sp³-hybridized carbons (Fsp3) is 0.545. The average Bonchev–Trinajstić information content (AvgIpc) is 2.70. The van der Waals surface area contributed by atoms with Crippen LogP contribution >= 0.6 is 11.8 Å². The summed E-state index contributed by atoms with van der Waals surface area (Å²) in [7, 11) is 0. The molecule has 1 aliphatic carbocycles. The minimum Gasteiger partial charge on any atom is -0.382 e. The lowest BCUT2D eigenvalue weighted by molar-refractivity contribution is 0.877. The molecule has 0 aliphatic heterocycles. The first-order chi connectivity index (χ1) is 7.70. The topological polar surface area (TPSA) is 75.6 Å². The van der Waals surface area contributed by atoms with Crippen LogP contribution in [0.5, 0.6) is 0 Å². The third-order valence-electron chi connectivity index (χ3n) is 2.78. The molecule has 0 spiro atoms. The molecular formula is C11H14N4S. The first-order valence-electron chi connectivity index (χ1n) is 5.41. The van der Waals surface area contributed by atoms with Crippen LogP contribution in [0.4, 0.5) is 5.82 Å². The van der Waals surface area contributed by atoms with E-state index < -0.39 is 0 Å². The van der Waals surface area contributed by atoms with Crippen LogP contribution in [0.25, 0.3) is 0 Å². The maximum Gasteiger partial charge on any atom is 0.190 e. The van der Waals surface area contributed by atoms with Gasteiger partial charge >= 0.3 is 0 Å². The molecule has 0 unspecified atom stereocenters. The van der Waals surface area contributed by atoms with Crippen LogP contribution in [-0.2, 0) is 0 Å². The summed E-state index contributed by atoms with van der Waals surface area (Å²) < 4.78 is 0. The van der Waals surface area contributed by atoms with Crippen LogP contribution in [0.3, 0.4) is 0 Å². The van der Waals surface area contributed by atoms with Crippen LogP contribution < -0.4 is 5.73 Å². The summed E-state index contributed by atoms with van der Waals surface area (Å²) in [5.74, 6) is 0.301. The number of hydrogen-bond acceptors (Lipinski definition) is 5. The van der Waals surface area contributed by atoms with Gasteiger partial charge in [-0.15, -0.1) is 0 Å².